The number of nitrogens with two attached hydrogens (primary N) is 1. The van der Waals surface area contributed by atoms with Crippen molar-refractivity contribution in [1.29, 1.82) is 0 Å². The molecule has 3 atom stereocenters. The van der Waals surface area contributed by atoms with E-state index in [2.05, 4.69) is 19.1 Å². The molecule has 1 saturated carbocycles. The second-order valence-corrected chi connectivity index (χ2v) is 9.09. The summed E-state index contributed by atoms with van der Waals surface area (Å²) in [7, 11) is -2.93. The van der Waals surface area contributed by atoms with E-state index in [4.69, 9.17) is 5.73 Å². The van der Waals surface area contributed by atoms with Crippen molar-refractivity contribution in [3.05, 3.63) is 21.9 Å². The second-order valence-electron chi connectivity index (χ2n) is 5.56. The van der Waals surface area contributed by atoms with Crippen LogP contribution in [0.1, 0.15) is 48.4 Å². The number of sulfone groups is 1. The zero-order chi connectivity index (χ0) is 14.0. The summed E-state index contributed by atoms with van der Waals surface area (Å²) < 4.78 is 23.4. The number of hydrogen-bond acceptors (Lipinski definition) is 4. The van der Waals surface area contributed by atoms with Gasteiger partial charge in [0.25, 0.3) is 0 Å². The molecular weight excluding hydrogens is 278 g/mol. The molecule has 1 fully saturated rings. The highest BCUT2D eigenvalue weighted by molar-refractivity contribution is 7.91. The smallest absolute Gasteiger partial charge is 0.150 e. The number of hydrogen-bond donors (Lipinski definition) is 1. The highest BCUT2D eigenvalue weighted by Crippen LogP contribution is 2.37. The maximum Gasteiger partial charge on any atom is 0.150 e. The van der Waals surface area contributed by atoms with Crippen molar-refractivity contribution in [3.8, 4) is 0 Å². The Morgan fingerprint density at radius 1 is 1.42 bits per heavy atom. The third kappa shape index (κ3) is 3.58. The predicted molar refractivity (Wildman–Crippen MR) is 81.2 cm³/mol. The fourth-order valence-electron chi connectivity index (χ4n) is 2.89. The molecule has 3 unspecified atom stereocenters. The van der Waals surface area contributed by atoms with Gasteiger partial charge < -0.3 is 5.73 Å². The lowest BCUT2D eigenvalue weighted by atomic mass is 9.83. The minimum atomic E-state index is -2.93. The number of rotatable bonds is 4. The van der Waals surface area contributed by atoms with Crippen LogP contribution in [0.5, 0.6) is 0 Å². The van der Waals surface area contributed by atoms with Crippen molar-refractivity contribution in [3.63, 3.8) is 0 Å². The van der Waals surface area contributed by atoms with Crippen LogP contribution < -0.4 is 5.73 Å². The van der Waals surface area contributed by atoms with Gasteiger partial charge in [-0.3, -0.25) is 0 Å². The molecule has 1 aromatic heterocycles. The van der Waals surface area contributed by atoms with Crippen LogP contribution in [0.25, 0.3) is 0 Å². The molecule has 0 amide bonds. The SMILES string of the molecule is CCc1ccc(C(N)C2CCCC(S(C)(=O)=O)C2)s1. The summed E-state index contributed by atoms with van der Waals surface area (Å²) in [4.78, 5) is 2.55. The van der Waals surface area contributed by atoms with E-state index in [0.717, 1.165) is 32.1 Å². The highest BCUT2D eigenvalue weighted by Gasteiger charge is 2.32. The Bertz CT molecular complexity index is 521. The van der Waals surface area contributed by atoms with Crippen LogP contribution in [0.2, 0.25) is 0 Å². The molecule has 1 aliphatic carbocycles. The van der Waals surface area contributed by atoms with Crippen LogP contribution in [-0.4, -0.2) is 19.9 Å². The summed E-state index contributed by atoms with van der Waals surface area (Å²) in [5.74, 6) is 0.303. The van der Waals surface area contributed by atoms with E-state index >= 15 is 0 Å². The summed E-state index contributed by atoms with van der Waals surface area (Å²) in [5.41, 5.74) is 6.36. The lowest BCUT2D eigenvalue weighted by molar-refractivity contribution is 0.311. The fourth-order valence-corrected chi connectivity index (χ4v) is 5.13. The van der Waals surface area contributed by atoms with Crippen molar-refractivity contribution < 1.29 is 8.42 Å². The standard InChI is InChI=1S/C14H23NO2S2/c1-3-11-7-8-13(18-11)14(15)10-5-4-6-12(9-10)19(2,16)17/h7-8,10,12,14H,3-6,9,15H2,1-2H3. The number of aryl methyl sites for hydroxylation is 1. The molecule has 0 aliphatic heterocycles. The summed E-state index contributed by atoms with van der Waals surface area (Å²) in [6.07, 6.45) is 5.93. The molecule has 108 valence electrons. The van der Waals surface area contributed by atoms with Crippen LogP contribution in [0.15, 0.2) is 12.1 Å². The molecule has 1 aliphatic rings. The first-order chi connectivity index (χ1) is 8.91. The normalized spacial score (nSPS) is 26.3. The van der Waals surface area contributed by atoms with Gasteiger partial charge in [-0.05, 0) is 43.7 Å². The van der Waals surface area contributed by atoms with Gasteiger partial charge in [0.1, 0.15) is 9.84 Å². The Morgan fingerprint density at radius 2 is 2.16 bits per heavy atom. The summed E-state index contributed by atoms with van der Waals surface area (Å²) in [6.45, 7) is 2.14. The maximum atomic E-state index is 11.7. The molecule has 1 heterocycles. The van der Waals surface area contributed by atoms with Gasteiger partial charge in [-0.2, -0.15) is 0 Å². The van der Waals surface area contributed by atoms with Crippen molar-refractivity contribution in [1.82, 2.24) is 0 Å². The Morgan fingerprint density at radius 3 is 2.74 bits per heavy atom. The minimum Gasteiger partial charge on any atom is -0.323 e. The highest BCUT2D eigenvalue weighted by atomic mass is 32.2. The van der Waals surface area contributed by atoms with E-state index in [1.807, 2.05) is 0 Å². The van der Waals surface area contributed by atoms with Gasteiger partial charge in [0, 0.05) is 22.1 Å². The van der Waals surface area contributed by atoms with Gasteiger partial charge in [0.2, 0.25) is 0 Å². The molecule has 2 rings (SSSR count). The van der Waals surface area contributed by atoms with Crippen LogP contribution in [0.4, 0.5) is 0 Å². The van der Waals surface area contributed by atoms with Gasteiger partial charge in [-0.15, -0.1) is 11.3 Å². The van der Waals surface area contributed by atoms with Gasteiger partial charge in [0.05, 0.1) is 5.25 Å². The molecule has 3 nitrogen and oxygen atoms in total. The summed E-state index contributed by atoms with van der Waals surface area (Å²) in [6, 6.07) is 4.24. The number of thiophene rings is 1. The molecule has 0 aromatic carbocycles. The first kappa shape index (κ1) is 15.0. The van der Waals surface area contributed by atoms with Crippen LogP contribution in [0, 0.1) is 5.92 Å². The molecule has 1 aromatic rings. The van der Waals surface area contributed by atoms with E-state index in [1.165, 1.54) is 16.0 Å². The molecule has 5 heteroatoms. The van der Waals surface area contributed by atoms with Crippen LogP contribution in [0.3, 0.4) is 0 Å². The topological polar surface area (TPSA) is 60.2 Å². The first-order valence-electron chi connectivity index (χ1n) is 6.95. The average molecular weight is 301 g/mol. The second kappa shape index (κ2) is 5.94. The largest absolute Gasteiger partial charge is 0.323 e. The predicted octanol–water partition coefficient (Wildman–Crippen LogP) is 2.91. The van der Waals surface area contributed by atoms with Crippen LogP contribution >= 0.6 is 11.3 Å². The van der Waals surface area contributed by atoms with E-state index < -0.39 is 9.84 Å². The van der Waals surface area contributed by atoms with Gasteiger partial charge in [0.15, 0.2) is 0 Å². The Hall–Kier alpha value is -0.390. The van der Waals surface area contributed by atoms with Gasteiger partial charge in [-0.1, -0.05) is 13.3 Å². The average Bonchev–Trinajstić information content (AvgIpc) is 2.86. The zero-order valence-electron chi connectivity index (χ0n) is 11.6. The lowest BCUT2D eigenvalue weighted by Gasteiger charge is -2.31. The Kier molecular flexibility index (Phi) is 4.69. The van der Waals surface area contributed by atoms with E-state index in [9.17, 15) is 8.42 Å². The Labute approximate surface area is 120 Å². The molecule has 0 bridgehead atoms. The third-order valence-corrected chi connectivity index (χ3v) is 7.11. The summed E-state index contributed by atoms with van der Waals surface area (Å²) in [5, 5.41) is -0.192. The maximum absolute atomic E-state index is 11.7. The van der Waals surface area contributed by atoms with E-state index in [1.54, 1.807) is 11.3 Å². The van der Waals surface area contributed by atoms with Gasteiger partial charge >= 0.3 is 0 Å². The zero-order valence-corrected chi connectivity index (χ0v) is 13.3. The molecule has 2 N–H and O–H groups in total. The molecular formula is C14H23NO2S2. The van der Waals surface area contributed by atoms with E-state index in [-0.39, 0.29) is 11.3 Å². The van der Waals surface area contributed by atoms with E-state index in [0.29, 0.717) is 5.92 Å². The van der Waals surface area contributed by atoms with Crippen molar-refractivity contribution in [2.45, 2.75) is 50.3 Å². The first-order valence-corrected chi connectivity index (χ1v) is 9.72. The monoisotopic (exact) mass is 301 g/mol. The third-order valence-electron chi connectivity index (χ3n) is 4.14. The molecule has 0 radical (unpaired) electrons. The lowest BCUT2D eigenvalue weighted by Crippen LogP contribution is -2.32. The van der Waals surface area contributed by atoms with Crippen molar-refractivity contribution >= 4 is 21.2 Å². The van der Waals surface area contributed by atoms with Crippen LogP contribution in [-0.2, 0) is 16.3 Å². The quantitative estimate of drug-likeness (QED) is 0.930. The summed E-state index contributed by atoms with van der Waals surface area (Å²) >= 11 is 1.77. The molecule has 0 saturated heterocycles. The fraction of sp³-hybridized carbons (Fsp3) is 0.714. The van der Waals surface area contributed by atoms with Crippen molar-refractivity contribution in [2.24, 2.45) is 11.7 Å². The minimum absolute atomic E-state index is 0.00477. The van der Waals surface area contributed by atoms with Crippen molar-refractivity contribution in [2.75, 3.05) is 6.26 Å². The Balaban J connectivity index is 2.08. The molecule has 19 heavy (non-hydrogen) atoms. The molecule has 0 spiro atoms. The van der Waals surface area contributed by atoms with Gasteiger partial charge in [-0.25, -0.2) is 8.42 Å².